The molecule has 4 rings (SSSR count). The van der Waals surface area contributed by atoms with Crippen LogP contribution in [0.3, 0.4) is 0 Å². The van der Waals surface area contributed by atoms with Gasteiger partial charge in [-0.2, -0.15) is 0 Å². The molecular weight excluding hydrogens is 440 g/mol. The third-order valence-corrected chi connectivity index (χ3v) is 6.78. The predicted molar refractivity (Wildman–Crippen MR) is 129 cm³/mol. The minimum atomic E-state index is -0.110. The lowest BCUT2D eigenvalue weighted by Crippen LogP contribution is -2.23. The van der Waals surface area contributed by atoms with E-state index in [0.717, 1.165) is 33.6 Å². The highest BCUT2D eigenvalue weighted by Crippen LogP contribution is 2.25. The molecule has 0 radical (unpaired) electrons. The average molecular weight is 465 g/mol. The standard InChI is InChI=1S/C24H24N4O2S2/c1-17-11-12-21(32-17)23(29)25-16-22-26-27-24(31-14-13-18-7-4-3-5-8-18)28(22)19-9-6-10-20(15-19)30-2/h3-12,15H,13-14,16H2,1-2H3,(H,25,29). The lowest BCUT2D eigenvalue weighted by Gasteiger charge is -2.12. The molecule has 0 aliphatic heterocycles. The number of hydrogen-bond donors (Lipinski definition) is 1. The number of carbonyl (C=O) groups is 1. The molecule has 0 unspecified atom stereocenters. The van der Waals surface area contributed by atoms with E-state index in [4.69, 9.17) is 4.74 Å². The Morgan fingerprint density at radius 3 is 2.69 bits per heavy atom. The number of aryl methyl sites for hydroxylation is 2. The third kappa shape index (κ3) is 5.38. The van der Waals surface area contributed by atoms with Crippen LogP contribution in [0.1, 0.15) is 25.9 Å². The second-order valence-electron chi connectivity index (χ2n) is 7.11. The summed E-state index contributed by atoms with van der Waals surface area (Å²) in [6, 6.07) is 21.9. The number of benzene rings is 2. The monoisotopic (exact) mass is 464 g/mol. The number of methoxy groups -OCH3 is 1. The second-order valence-corrected chi connectivity index (χ2v) is 9.46. The van der Waals surface area contributed by atoms with Crippen molar-refractivity contribution in [2.75, 3.05) is 12.9 Å². The fraction of sp³-hybridized carbons (Fsp3) is 0.208. The highest BCUT2D eigenvalue weighted by Gasteiger charge is 2.17. The molecule has 1 amide bonds. The Morgan fingerprint density at radius 1 is 1.09 bits per heavy atom. The quantitative estimate of drug-likeness (QED) is 0.357. The Hall–Kier alpha value is -3.10. The van der Waals surface area contributed by atoms with Gasteiger partial charge in [0.2, 0.25) is 0 Å². The summed E-state index contributed by atoms with van der Waals surface area (Å²) in [4.78, 5) is 14.3. The molecule has 0 aliphatic carbocycles. The average Bonchev–Trinajstić information content (AvgIpc) is 3.44. The summed E-state index contributed by atoms with van der Waals surface area (Å²) in [7, 11) is 1.64. The number of thioether (sulfide) groups is 1. The van der Waals surface area contributed by atoms with Crippen molar-refractivity contribution in [1.29, 1.82) is 0 Å². The Labute approximate surface area is 195 Å². The van der Waals surface area contributed by atoms with Gasteiger partial charge in [-0.05, 0) is 43.2 Å². The van der Waals surface area contributed by atoms with E-state index in [1.807, 2.05) is 54.0 Å². The molecule has 32 heavy (non-hydrogen) atoms. The summed E-state index contributed by atoms with van der Waals surface area (Å²) in [5, 5.41) is 12.6. The molecule has 1 N–H and O–H groups in total. The first-order valence-electron chi connectivity index (χ1n) is 10.2. The van der Waals surface area contributed by atoms with E-state index < -0.39 is 0 Å². The summed E-state index contributed by atoms with van der Waals surface area (Å²) >= 11 is 3.12. The smallest absolute Gasteiger partial charge is 0.261 e. The minimum Gasteiger partial charge on any atom is -0.497 e. The van der Waals surface area contributed by atoms with Crippen LogP contribution in [0.2, 0.25) is 0 Å². The van der Waals surface area contributed by atoms with Gasteiger partial charge in [0.15, 0.2) is 11.0 Å². The lowest BCUT2D eigenvalue weighted by molar-refractivity contribution is 0.0953. The third-order valence-electron chi connectivity index (χ3n) is 4.85. The summed E-state index contributed by atoms with van der Waals surface area (Å²) in [6.07, 6.45) is 0.931. The van der Waals surface area contributed by atoms with Crippen molar-refractivity contribution in [3.8, 4) is 11.4 Å². The Bertz CT molecular complexity index is 1190. The van der Waals surface area contributed by atoms with Crippen LogP contribution in [-0.2, 0) is 13.0 Å². The van der Waals surface area contributed by atoms with Gasteiger partial charge < -0.3 is 10.1 Å². The molecular formula is C24H24N4O2S2. The van der Waals surface area contributed by atoms with Crippen LogP contribution >= 0.6 is 23.1 Å². The molecule has 164 valence electrons. The number of thiophene rings is 1. The zero-order valence-corrected chi connectivity index (χ0v) is 19.6. The van der Waals surface area contributed by atoms with Crippen molar-refractivity contribution in [3.05, 3.63) is 87.9 Å². The molecule has 2 heterocycles. The number of nitrogens with one attached hydrogen (secondary N) is 1. The summed E-state index contributed by atoms with van der Waals surface area (Å²) in [6.45, 7) is 2.26. The van der Waals surface area contributed by atoms with E-state index in [1.165, 1.54) is 16.9 Å². The fourth-order valence-electron chi connectivity index (χ4n) is 3.23. The maximum atomic E-state index is 12.5. The maximum Gasteiger partial charge on any atom is 0.261 e. The number of hydrogen-bond acceptors (Lipinski definition) is 6. The largest absolute Gasteiger partial charge is 0.497 e. The predicted octanol–water partition coefficient (Wildman–Crippen LogP) is 4.91. The highest BCUT2D eigenvalue weighted by atomic mass is 32.2. The number of aromatic nitrogens is 3. The first-order chi connectivity index (χ1) is 15.6. The summed E-state index contributed by atoms with van der Waals surface area (Å²) in [5.74, 6) is 2.18. The van der Waals surface area contributed by atoms with E-state index in [1.54, 1.807) is 18.9 Å². The molecule has 4 aromatic rings. The molecule has 0 atom stereocenters. The van der Waals surface area contributed by atoms with Crippen LogP contribution in [0.5, 0.6) is 5.75 Å². The van der Waals surface area contributed by atoms with E-state index >= 15 is 0 Å². The van der Waals surface area contributed by atoms with Crippen molar-refractivity contribution in [3.63, 3.8) is 0 Å². The fourth-order valence-corrected chi connectivity index (χ4v) is 4.97. The van der Waals surface area contributed by atoms with Crippen LogP contribution in [0.15, 0.2) is 71.9 Å². The highest BCUT2D eigenvalue weighted by molar-refractivity contribution is 7.99. The Balaban J connectivity index is 1.54. The van der Waals surface area contributed by atoms with Crippen LogP contribution < -0.4 is 10.1 Å². The number of carbonyl (C=O) groups excluding carboxylic acids is 1. The van der Waals surface area contributed by atoms with Gasteiger partial charge in [-0.25, -0.2) is 0 Å². The van der Waals surface area contributed by atoms with Gasteiger partial charge in [0.25, 0.3) is 5.91 Å². The second kappa shape index (κ2) is 10.5. The SMILES string of the molecule is COc1cccc(-n2c(CNC(=O)c3ccc(C)s3)nnc2SCCc2ccccc2)c1. The minimum absolute atomic E-state index is 0.110. The molecule has 0 fully saturated rings. The van der Waals surface area contributed by atoms with Crippen molar-refractivity contribution in [2.45, 2.75) is 25.0 Å². The number of rotatable bonds is 9. The van der Waals surface area contributed by atoms with Crippen LogP contribution in [0.4, 0.5) is 0 Å². The van der Waals surface area contributed by atoms with E-state index in [9.17, 15) is 4.79 Å². The Kier molecular flexibility index (Phi) is 7.24. The summed E-state index contributed by atoms with van der Waals surface area (Å²) < 4.78 is 7.38. The number of amides is 1. The van der Waals surface area contributed by atoms with Gasteiger partial charge >= 0.3 is 0 Å². The zero-order chi connectivity index (χ0) is 22.3. The van der Waals surface area contributed by atoms with Gasteiger partial charge in [0, 0.05) is 16.7 Å². The van der Waals surface area contributed by atoms with Crippen molar-refractivity contribution < 1.29 is 9.53 Å². The van der Waals surface area contributed by atoms with Crippen molar-refractivity contribution in [2.24, 2.45) is 0 Å². The maximum absolute atomic E-state index is 12.5. The van der Waals surface area contributed by atoms with Gasteiger partial charge in [-0.15, -0.1) is 21.5 Å². The first kappa shape index (κ1) is 22.1. The Morgan fingerprint density at radius 2 is 1.94 bits per heavy atom. The van der Waals surface area contributed by atoms with Crippen molar-refractivity contribution in [1.82, 2.24) is 20.1 Å². The van der Waals surface area contributed by atoms with Crippen LogP contribution in [0.25, 0.3) is 5.69 Å². The van der Waals surface area contributed by atoms with Crippen LogP contribution in [0, 0.1) is 6.92 Å². The lowest BCUT2D eigenvalue weighted by atomic mass is 10.2. The molecule has 0 aliphatic rings. The van der Waals surface area contributed by atoms with E-state index in [0.29, 0.717) is 10.7 Å². The molecule has 0 saturated heterocycles. The van der Waals surface area contributed by atoms with Gasteiger partial charge in [-0.1, -0.05) is 48.2 Å². The summed E-state index contributed by atoms with van der Waals surface area (Å²) in [5.41, 5.74) is 2.18. The van der Waals surface area contributed by atoms with E-state index in [-0.39, 0.29) is 12.5 Å². The van der Waals surface area contributed by atoms with Gasteiger partial charge in [0.1, 0.15) is 5.75 Å². The van der Waals surface area contributed by atoms with Crippen molar-refractivity contribution >= 4 is 29.0 Å². The molecule has 0 saturated carbocycles. The molecule has 8 heteroatoms. The van der Waals surface area contributed by atoms with Gasteiger partial charge in [0.05, 0.1) is 24.2 Å². The molecule has 0 spiro atoms. The van der Waals surface area contributed by atoms with Gasteiger partial charge in [-0.3, -0.25) is 9.36 Å². The molecule has 0 bridgehead atoms. The topological polar surface area (TPSA) is 69.0 Å². The zero-order valence-electron chi connectivity index (χ0n) is 17.9. The van der Waals surface area contributed by atoms with E-state index in [2.05, 4.69) is 39.8 Å². The first-order valence-corrected chi connectivity index (χ1v) is 12.0. The molecule has 2 aromatic heterocycles. The number of nitrogens with zero attached hydrogens (tertiary/aromatic N) is 3. The van der Waals surface area contributed by atoms with Crippen LogP contribution in [-0.4, -0.2) is 33.5 Å². The number of ether oxygens (including phenoxy) is 1. The molecule has 6 nitrogen and oxygen atoms in total. The normalized spacial score (nSPS) is 10.8. The molecule has 2 aromatic carbocycles.